The van der Waals surface area contributed by atoms with Crippen LogP contribution in [0.4, 0.5) is 0 Å². The highest BCUT2D eigenvalue weighted by atomic mass is 16.2. The number of carbonyl (C=O) groups is 3. The van der Waals surface area contributed by atoms with E-state index in [2.05, 4.69) is 15.5 Å². The molecule has 124 valence electrons. The van der Waals surface area contributed by atoms with Gasteiger partial charge in [-0.05, 0) is 19.1 Å². The molecule has 0 unspecified atom stereocenters. The van der Waals surface area contributed by atoms with Gasteiger partial charge in [-0.2, -0.15) is 5.10 Å². The molecule has 0 aliphatic carbocycles. The molecule has 2 saturated heterocycles. The normalized spacial score (nSPS) is 21.0. The summed E-state index contributed by atoms with van der Waals surface area (Å²) in [6.45, 7) is 2.94. The Hall–Kier alpha value is -2.90. The number of hydrogen-bond donors (Lipinski definition) is 2. The first-order valence-electron chi connectivity index (χ1n) is 7.86. The lowest BCUT2D eigenvalue weighted by Crippen LogP contribution is -2.66. The minimum Gasteiger partial charge on any atom is -0.345 e. The quantitative estimate of drug-likeness (QED) is 0.748. The number of rotatable bonds is 1. The van der Waals surface area contributed by atoms with Crippen molar-refractivity contribution in [3.05, 3.63) is 29.5 Å². The Labute approximate surface area is 137 Å². The Bertz CT molecular complexity index is 859. The van der Waals surface area contributed by atoms with Crippen LogP contribution in [0.25, 0.3) is 10.9 Å². The number of aromatic nitrogens is 2. The fraction of sp³-hybridized carbons (Fsp3) is 0.375. The summed E-state index contributed by atoms with van der Waals surface area (Å²) >= 11 is 0. The molecule has 2 aromatic rings. The number of carbonyl (C=O) groups excluding carboxylic acids is 3. The molecule has 1 aromatic carbocycles. The van der Waals surface area contributed by atoms with E-state index in [4.69, 9.17) is 0 Å². The average Bonchev–Trinajstić information content (AvgIpc) is 3.00. The lowest BCUT2D eigenvalue weighted by Gasteiger charge is -2.42. The van der Waals surface area contributed by atoms with Gasteiger partial charge in [-0.25, -0.2) is 0 Å². The van der Waals surface area contributed by atoms with E-state index in [1.165, 1.54) is 0 Å². The summed E-state index contributed by atoms with van der Waals surface area (Å²) in [4.78, 5) is 39.9. The van der Waals surface area contributed by atoms with Crippen LogP contribution in [0.15, 0.2) is 18.2 Å². The Morgan fingerprint density at radius 1 is 1.29 bits per heavy atom. The van der Waals surface area contributed by atoms with E-state index in [0.717, 1.165) is 16.5 Å². The van der Waals surface area contributed by atoms with Crippen LogP contribution in [0.5, 0.6) is 0 Å². The number of H-pyrrole nitrogens is 1. The van der Waals surface area contributed by atoms with E-state index in [0.29, 0.717) is 18.8 Å². The minimum absolute atomic E-state index is 0.0343. The summed E-state index contributed by atoms with van der Waals surface area (Å²) in [6, 6.07) is 5.14. The molecule has 8 heteroatoms. The van der Waals surface area contributed by atoms with Crippen molar-refractivity contribution in [1.82, 2.24) is 25.3 Å². The van der Waals surface area contributed by atoms with Gasteiger partial charge in [-0.1, -0.05) is 11.6 Å². The molecular formula is C16H17N5O3. The fourth-order valence-corrected chi connectivity index (χ4v) is 3.31. The molecular weight excluding hydrogens is 310 g/mol. The molecule has 2 aliphatic rings. The van der Waals surface area contributed by atoms with Gasteiger partial charge in [0.1, 0.15) is 6.04 Å². The third-order valence-electron chi connectivity index (χ3n) is 4.63. The van der Waals surface area contributed by atoms with Crippen LogP contribution in [0.2, 0.25) is 0 Å². The molecule has 8 nitrogen and oxygen atoms in total. The maximum Gasteiger partial charge on any atom is 0.275 e. The van der Waals surface area contributed by atoms with E-state index >= 15 is 0 Å². The number of piperazine rings is 2. The third-order valence-corrected chi connectivity index (χ3v) is 4.63. The van der Waals surface area contributed by atoms with Crippen molar-refractivity contribution in [2.45, 2.75) is 13.0 Å². The lowest BCUT2D eigenvalue weighted by atomic mass is 10.1. The molecule has 0 bridgehead atoms. The average molecular weight is 327 g/mol. The maximum absolute atomic E-state index is 12.9. The first-order valence-corrected chi connectivity index (χ1v) is 7.86. The van der Waals surface area contributed by atoms with E-state index in [1.54, 1.807) is 9.80 Å². The number of fused-ring (bicyclic) bond motifs is 2. The van der Waals surface area contributed by atoms with Gasteiger partial charge >= 0.3 is 0 Å². The van der Waals surface area contributed by atoms with Crippen LogP contribution in [0, 0.1) is 6.92 Å². The van der Waals surface area contributed by atoms with Gasteiger partial charge in [0.25, 0.3) is 5.91 Å². The van der Waals surface area contributed by atoms with Crippen LogP contribution in [0.3, 0.4) is 0 Å². The number of nitrogens with one attached hydrogen (secondary N) is 2. The van der Waals surface area contributed by atoms with Gasteiger partial charge in [-0.15, -0.1) is 0 Å². The molecule has 0 spiro atoms. The van der Waals surface area contributed by atoms with Gasteiger partial charge in [0.05, 0.1) is 18.6 Å². The van der Waals surface area contributed by atoms with Crippen molar-refractivity contribution in [2.75, 3.05) is 26.2 Å². The van der Waals surface area contributed by atoms with E-state index < -0.39 is 6.04 Å². The van der Waals surface area contributed by atoms with Gasteiger partial charge < -0.3 is 15.1 Å². The number of nitrogens with zero attached hydrogens (tertiary/aromatic N) is 3. The fourth-order valence-electron chi connectivity index (χ4n) is 3.31. The summed E-state index contributed by atoms with van der Waals surface area (Å²) in [5.41, 5.74) is 2.19. The van der Waals surface area contributed by atoms with Crippen molar-refractivity contribution in [1.29, 1.82) is 0 Å². The van der Waals surface area contributed by atoms with Crippen LogP contribution >= 0.6 is 0 Å². The highest BCUT2D eigenvalue weighted by molar-refractivity contribution is 6.05. The third kappa shape index (κ3) is 2.22. The van der Waals surface area contributed by atoms with Crippen LogP contribution in [-0.4, -0.2) is 69.9 Å². The summed E-state index contributed by atoms with van der Waals surface area (Å²) in [5.74, 6) is -0.542. The van der Waals surface area contributed by atoms with Gasteiger partial charge in [-0.3, -0.25) is 19.5 Å². The standard InChI is InChI=1S/C16H17N5O3/c1-9-2-3-11-10(6-9)14(19-18-11)16(24)20-4-5-21-12(8-20)15(23)17-7-13(21)22/h2-3,6,12H,4-5,7-8H2,1H3,(H,17,23)(H,18,19)/t12-/m1/s1. The summed E-state index contributed by atoms with van der Waals surface area (Å²) in [6.07, 6.45) is 0. The maximum atomic E-state index is 12.9. The molecule has 0 radical (unpaired) electrons. The second-order valence-corrected chi connectivity index (χ2v) is 6.19. The molecule has 4 rings (SSSR count). The van der Waals surface area contributed by atoms with Crippen molar-refractivity contribution in [3.8, 4) is 0 Å². The topological polar surface area (TPSA) is 98.4 Å². The predicted octanol–water partition coefficient (Wildman–Crippen LogP) is -0.346. The van der Waals surface area contributed by atoms with Gasteiger partial charge in [0.2, 0.25) is 11.8 Å². The molecule has 2 aliphatic heterocycles. The molecule has 3 heterocycles. The smallest absolute Gasteiger partial charge is 0.275 e. The summed E-state index contributed by atoms with van der Waals surface area (Å²) in [7, 11) is 0. The summed E-state index contributed by atoms with van der Waals surface area (Å²) in [5, 5.41) is 10.4. The molecule has 24 heavy (non-hydrogen) atoms. The van der Waals surface area contributed by atoms with Crippen LogP contribution < -0.4 is 5.32 Å². The van der Waals surface area contributed by atoms with E-state index in [1.807, 2.05) is 25.1 Å². The highest BCUT2D eigenvalue weighted by Crippen LogP contribution is 2.21. The second kappa shape index (κ2) is 5.33. The van der Waals surface area contributed by atoms with Gasteiger partial charge in [0.15, 0.2) is 5.69 Å². The van der Waals surface area contributed by atoms with Crippen LogP contribution in [0.1, 0.15) is 16.1 Å². The van der Waals surface area contributed by atoms with Crippen molar-refractivity contribution < 1.29 is 14.4 Å². The Morgan fingerprint density at radius 3 is 2.96 bits per heavy atom. The zero-order chi connectivity index (χ0) is 16.8. The monoisotopic (exact) mass is 327 g/mol. The SMILES string of the molecule is Cc1ccc2[nH]nc(C(=O)N3CCN4C(=O)CNC(=O)[C@H]4C3)c2c1. The van der Waals surface area contributed by atoms with Crippen molar-refractivity contribution >= 4 is 28.6 Å². The lowest BCUT2D eigenvalue weighted by molar-refractivity contribution is -0.148. The highest BCUT2D eigenvalue weighted by Gasteiger charge is 2.40. The Morgan fingerprint density at radius 2 is 2.12 bits per heavy atom. The molecule has 2 N–H and O–H groups in total. The predicted molar refractivity (Wildman–Crippen MR) is 85.2 cm³/mol. The molecule has 3 amide bonds. The zero-order valence-corrected chi connectivity index (χ0v) is 13.2. The zero-order valence-electron chi connectivity index (χ0n) is 13.2. The van der Waals surface area contributed by atoms with Crippen molar-refractivity contribution in [2.24, 2.45) is 0 Å². The van der Waals surface area contributed by atoms with E-state index in [-0.39, 0.29) is 30.8 Å². The van der Waals surface area contributed by atoms with Gasteiger partial charge in [0, 0.05) is 18.5 Å². The van der Waals surface area contributed by atoms with Crippen molar-refractivity contribution in [3.63, 3.8) is 0 Å². The molecule has 0 saturated carbocycles. The van der Waals surface area contributed by atoms with E-state index in [9.17, 15) is 14.4 Å². The molecule has 1 aromatic heterocycles. The number of hydrogen-bond acceptors (Lipinski definition) is 4. The number of aromatic amines is 1. The number of amides is 3. The number of benzene rings is 1. The first-order chi connectivity index (χ1) is 11.5. The number of aryl methyl sites for hydroxylation is 1. The minimum atomic E-state index is -0.615. The molecule has 2 fully saturated rings. The largest absolute Gasteiger partial charge is 0.345 e. The Balaban J connectivity index is 1.62. The summed E-state index contributed by atoms with van der Waals surface area (Å²) < 4.78 is 0. The Kier molecular flexibility index (Phi) is 3.26. The second-order valence-electron chi connectivity index (χ2n) is 6.19. The molecule has 1 atom stereocenters. The van der Waals surface area contributed by atoms with Crippen LogP contribution in [-0.2, 0) is 9.59 Å². The first kappa shape index (κ1) is 14.7.